The Morgan fingerprint density at radius 1 is 1.06 bits per heavy atom. The summed E-state index contributed by atoms with van der Waals surface area (Å²) in [4.78, 5) is 12.3. The predicted octanol–water partition coefficient (Wildman–Crippen LogP) is 2.69. The van der Waals surface area contributed by atoms with E-state index in [4.69, 9.17) is 18.9 Å². The van der Waals surface area contributed by atoms with Crippen molar-refractivity contribution in [3.8, 4) is 0 Å². The van der Waals surface area contributed by atoms with Crippen LogP contribution in [0.2, 0.25) is 0 Å². The minimum absolute atomic E-state index is 0.0872. The molecule has 0 bridgehead atoms. The van der Waals surface area contributed by atoms with Crippen LogP contribution < -0.4 is 0 Å². The van der Waals surface area contributed by atoms with E-state index in [2.05, 4.69) is 4.18 Å². The Balaban J connectivity index is 1.90. The van der Waals surface area contributed by atoms with E-state index in [9.17, 15) is 26.4 Å². The largest absolute Gasteiger partial charge is 0.523 e. The van der Waals surface area contributed by atoms with E-state index in [-0.39, 0.29) is 13.2 Å². The van der Waals surface area contributed by atoms with Crippen LogP contribution in [0.5, 0.6) is 0 Å². The molecule has 0 aromatic heterocycles. The number of fused-ring (bicyclic) bond motifs is 1. The first kappa shape index (κ1) is 23.9. The first-order valence-electron chi connectivity index (χ1n) is 9.44. The maximum absolute atomic E-state index is 13.0. The summed E-state index contributed by atoms with van der Waals surface area (Å²) in [6, 6.07) is 8.52. The molecule has 0 amide bonds. The summed E-state index contributed by atoms with van der Waals surface area (Å²) >= 11 is 0. The van der Waals surface area contributed by atoms with Gasteiger partial charge in [0, 0.05) is 5.56 Å². The summed E-state index contributed by atoms with van der Waals surface area (Å²) < 4.78 is 89.2. The molecule has 5 atom stereocenters. The highest BCUT2D eigenvalue weighted by atomic mass is 32.2. The fraction of sp³-hybridized carbons (Fsp3) is 0.632. The van der Waals surface area contributed by atoms with Gasteiger partial charge >= 0.3 is 21.6 Å². The van der Waals surface area contributed by atoms with Crippen LogP contribution in [0.15, 0.2) is 30.3 Å². The molecule has 0 radical (unpaired) electrons. The molecule has 2 aliphatic rings. The lowest BCUT2D eigenvalue weighted by Crippen LogP contribution is -2.61. The zero-order valence-electron chi connectivity index (χ0n) is 17.0. The molecule has 0 saturated carbocycles. The van der Waals surface area contributed by atoms with Crippen molar-refractivity contribution >= 4 is 16.1 Å². The highest BCUT2D eigenvalue weighted by molar-refractivity contribution is 7.87. The number of benzene rings is 1. The molecule has 1 aromatic carbocycles. The van der Waals surface area contributed by atoms with Crippen molar-refractivity contribution in [3.63, 3.8) is 0 Å². The van der Waals surface area contributed by atoms with Crippen molar-refractivity contribution in [3.05, 3.63) is 35.9 Å². The van der Waals surface area contributed by atoms with Gasteiger partial charge in [-0.25, -0.2) is 0 Å². The summed E-state index contributed by atoms with van der Waals surface area (Å²) in [5.41, 5.74) is -6.09. The molecule has 8 nitrogen and oxygen atoms in total. The van der Waals surface area contributed by atoms with Crippen LogP contribution in [0, 0.1) is 5.41 Å². The second-order valence-electron chi connectivity index (χ2n) is 8.20. The molecular formula is C19H23F3O8S. The Morgan fingerprint density at radius 3 is 2.29 bits per heavy atom. The summed E-state index contributed by atoms with van der Waals surface area (Å²) in [7, 11) is -6.00. The second-order valence-corrected chi connectivity index (χ2v) is 9.77. The minimum Gasteiger partial charge on any atom is -0.457 e. The molecule has 2 fully saturated rings. The van der Waals surface area contributed by atoms with Crippen molar-refractivity contribution in [1.82, 2.24) is 0 Å². The smallest absolute Gasteiger partial charge is 0.457 e. The molecule has 2 saturated heterocycles. The molecule has 0 aliphatic carbocycles. The maximum atomic E-state index is 13.0. The molecule has 2 aliphatic heterocycles. The number of carbonyl (C=O) groups excluding carboxylic acids is 1. The number of halogens is 3. The van der Waals surface area contributed by atoms with Crippen molar-refractivity contribution in [2.45, 2.75) is 57.0 Å². The third-order valence-corrected chi connectivity index (χ3v) is 5.73. The summed E-state index contributed by atoms with van der Waals surface area (Å²) in [5.74, 6) is -0.760. The second kappa shape index (κ2) is 8.66. The van der Waals surface area contributed by atoms with E-state index in [0.29, 0.717) is 5.56 Å². The molecule has 12 heteroatoms. The number of hydrogen-bond acceptors (Lipinski definition) is 8. The molecular weight excluding hydrogens is 445 g/mol. The van der Waals surface area contributed by atoms with Crippen molar-refractivity contribution in [1.29, 1.82) is 0 Å². The van der Waals surface area contributed by atoms with Gasteiger partial charge in [-0.1, -0.05) is 30.3 Å². The van der Waals surface area contributed by atoms with Crippen molar-refractivity contribution in [2.24, 2.45) is 5.41 Å². The third kappa shape index (κ3) is 5.37. The average molecular weight is 468 g/mol. The van der Waals surface area contributed by atoms with Gasteiger partial charge in [0.15, 0.2) is 12.4 Å². The van der Waals surface area contributed by atoms with Gasteiger partial charge in [0.2, 0.25) is 0 Å². The van der Waals surface area contributed by atoms with E-state index in [1.807, 2.05) is 0 Å². The fourth-order valence-corrected chi connectivity index (χ4v) is 3.66. The van der Waals surface area contributed by atoms with Crippen LogP contribution in [0.1, 0.15) is 32.6 Å². The molecule has 3 rings (SSSR count). The normalized spacial score (nSPS) is 29.8. The van der Waals surface area contributed by atoms with Crippen LogP contribution in [-0.2, 0) is 38.0 Å². The topological polar surface area (TPSA) is 97.4 Å². The van der Waals surface area contributed by atoms with Gasteiger partial charge in [-0.15, -0.1) is 0 Å². The number of esters is 1. The van der Waals surface area contributed by atoms with Gasteiger partial charge in [-0.05, 0) is 20.8 Å². The van der Waals surface area contributed by atoms with Gasteiger partial charge in [0.1, 0.15) is 18.3 Å². The standard InChI is InChI=1S/C19H23F3O8S/c1-18(2,3)17(23)28-13-10-26-12-9-27-16(11-7-5-4-6-8-11)29-14(12)15(13)30-31(24,25)19(20,21)22/h4-8,12-16H,9-10H2,1-3H3/t12-,13+,14?,15-,16-/m1/s1. The Labute approximate surface area is 177 Å². The summed E-state index contributed by atoms with van der Waals surface area (Å²) in [6.07, 6.45) is -6.45. The van der Waals surface area contributed by atoms with Gasteiger partial charge in [0.05, 0.1) is 18.6 Å². The summed E-state index contributed by atoms with van der Waals surface area (Å²) in [5, 5.41) is 0. The Kier molecular flexibility index (Phi) is 6.68. The highest BCUT2D eigenvalue weighted by Gasteiger charge is 2.55. The maximum Gasteiger partial charge on any atom is 0.523 e. The Bertz CT molecular complexity index is 882. The molecule has 0 N–H and O–H groups in total. The van der Waals surface area contributed by atoms with Gasteiger partial charge in [-0.3, -0.25) is 8.98 Å². The number of hydrogen-bond donors (Lipinski definition) is 0. The van der Waals surface area contributed by atoms with Crippen molar-refractivity contribution in [2.75, 3.05) is 13.2 Å². The Hall–Kier alpha value is -1.73. The minimum atomic E-state index is -6.00. The van der Waals surface area contributed by atoms with Crippen LogP contribution in [0.3, 0.4) is 0 Å². The summed E-state index contributed by atoms with van der Waals surface area (Å²) in [6.45, 7) is 4.15. The molecule has 1 unspecified atom stereocenters. The zero-order chi connectivity index (χ0) is 23.0. The van der Waals surface area contributed by atoms with Gasteiger partial charge in [0.25, 0.3) is 0 Å². The van der Waals surface area contributed by atoms with E-state index < -0.39 is 57.7 Å². The van der Waals surface area contributed by atoms with E-state index in [0.717, 1.165) is 0 Å². The van der Waals surface area contributed by atoms with Crippen molar-refractivity contribution < 1.29 is 49.5 Å². The van der Waals surface area contributed by atoms with E-state index in [1.165, 1.54) is 0 Å². The SMILES string of the molecule is CC(C)(C)C(=O)O[C@H]1CO[C@@H]2CO[C@@H](c3ccccc3)OC2[C@@H]1OS(=O)(=O)C(F)(F)F. The van der Waals surface area contributed by atoms with E-state index in [1.54, 1.807) is 51.1 Å². The molecule has 31 heavy (non-hydrogen) atoms. The third-order valence-electron chi connectivity index (χ3n) is 4.69. The monoisotopic (exact) mass is 468 g/mol. The molecule has 2 heterocycles. The molecule has 174 valence electrons. The lowest BCUT2D eigenvalue weighted by molar-refractivity contribution is -0.312. The molecule has 1 aromatic rings. The first-order chi connectivity index (χ1) is 14.3. The van der Waals surface area contributed by atoms with Crippen LogP contribution >= 0.6 is 0 Å². The average Bonchev–Trinajstić information content (AvgIpc) is 2.68. The number of alkyl halides is 3. The number of carbonyl (C=O) groups is 1. The predicted molar refractivity (Wildman–Crippen MR) is 98.9 cm³/mol. The van der Waals surface area contributed by atoms with Crippen LogP contribution in [0.4, 0.5) is 13.2 Å². The Morgan fingerprint density at radius 2 is 1.71 bits per heavy atom. The quantitative estimate of drug-likeness (QED) is 0.378. The van der Waals surface area contributed by atoms with Gasteiger partial charge in [-0.2, -0.15) is 21.6 Å². The van der Waals surface area contributed by atoms with Crippen LogP contribution in [0.25, 0.3) is 0 Å². The van der Waals surface area contributed by atoms with Crippen LogP contribution in [-0.4, -0.2) is 57.5 Å². The first-order valence-corrected chi connectivity index (χ1v) is 10.8. The van der Waals surface area contributed by atoms with E-state index >= 15 is 0 Å². The number of rotatable bonds is 4. The lowest BCUT2D eigenvalue weighted by atomic mass is 9.96. The fourth-order valence-electron chi connectivity index (χ4n) is 3.02. The highest BCUT2D eigenvalue weighted by Crippen LogP contribution is 2.37. The molecule has 0 spiro atoms. The lowest BCUT2D eigenvalue weighted by Gasteiger charge is -2.45. The van der Waals surface area contributed by atoms with Gasteiger partial charge < -0.3 is 18.9 Å². The number of ether oxygens (including phenoxy) is 4. The zero-order valence-corrected chi connectivity index (χ0v) is 17.8.